The third-order valence-electron chi connectivity index (χ3n) is 5.15. The molecule has 0 bridgehead atoms. The van der Waals surface area contributed by atoms with Crippen LogP contribution in [0.15, 0.2) is 67.3 Å². The van der Waals surface area contributed by atoms with Crippen LogP contribution in [0.4, 0.5) is 0 Å². The van der Waals surface area contributed by atoms with Gasteiger partial charge < -0.3 is 15.0 Å². The number of fused-ring (bicyclic) bond motifs is 2. The van der Waals surface area contributed by atoms with Crippen molar-refractivity contribution in [3.8, 4) is 5.75 Å². The molecule has 0 aliphatic carbocycles. The maximum absolute atomic E-state index is 13.2. The Hall–Kier alpha value is -3.18. The summed E-state index contributed by atoms with van der Waals surface area (Å²) in [6, 6.07) is 16.1. The highest BCUT2D eigenvalue weighted by atomic mass is 32.1. The van der Waals surface area contributed by atoms with E-state index in [4.69, 9.17) is 10.1 Å². The van der Waals surface area contributed by atoms with Gasteiger partial charge >= 0.3 is 0 Å². The van der Waals surface area contributed by atoms with Crippen molar-refractivity contribution in [2.75, 3.05) is 13.2 Å². The van der Waals surface area contributed by atoms with E-state index in [1.54, 1.807) is 6.92 Å². The van der Waals surface area contributed by atoms with E-state index in [2.05, 4.69) is 12.6 Å². The maximum Gasteiger partial charge on any atom is 0.264 e. The quantitative estimate of drug-likeness (QED) is 0.414. The zero-order valence-electron chi connectivity index (χ0n) is 17.0. The highest BCUT2D eigenvalue weighted by Gasteiger charge is 2.23. The van der Waals surface area contributed by atoms with Crippen molar-refractivity contribution < 1.29 is 9.53 Å². The first-order chi connectivity index (χ1) is 14.5. The van der Waals surface area contributed by atoms with E-state index < -0.39 is 0 Å². The summed E-state index contributed by atoms with van der Waals surface area (Å²) in [6.45, 7) is 7.23. The van der Waals surface area contributed by atoms with Crippen LogP contribution in [0, 0.1) is 5.41 Å². The molecule has 1 aliphatic rings. The van der Waals surface area contributed by atoms with Gasteiger partial charge in [0.2, 0.25) is 0 Å². The average molecular weight is 417 g/mol. The molecule has 1 aromatic heterocycles. The first-order valence-corrected chi connectivity index (χ1v) is 10.8. The van der Waals surface area contributed by atoms with Crippen LogP contribution in [0.25, 0.3) is 15.7 Å². The summed E-state index contributed by atoms with van der Waals surface area (Å²) in [7, 11) is 0. The van der Waals surface area contributed by atoms with E-state index in [0.29, 0.717) is 31.8 Å². The first kappa shape index (κ1) is 20.1. The molecule has 1 amide bonds. The van der Waals surface area contributed by atoms with Crippen LogP contribution in [0.2, 0.25) is 0 Å². The molecule has 0 spiro atoms. The Morgan fingerprint density at radius 3 is 2.87 bits per heavy atom. The van der Waals surface area contributed by atoms with Crippen LogP contribution in [0.1, 0.15) is 34.1 Å². The van der Waals surface area contributed by atoms with Crippen molar-refractivity contribution in [3.05, 3.63) is 83.3 Å². The number of ether oxygens (including phenoxy) is 1. The average Bonchev–Trinajstić information content (AvgIpc) is 3.06. The normalized spacial score (nSPS) is 14.0. The summed E-state index contributed by atoms with van der Waals surface area (Å²) >= 11 is 1.53. The summed E-state index contributed by atoms with van der Waals surface area (Å²) in [5.74, 6) is 0.856. The molecule has 1 aliphatic heterocycles. The van der Waals surface area contributed by atoms with E-state index >= 15 is 0 Å². The molecular formula is C25H24N2O2S. The molecule has 4 rings (SSSR count). The van der Waals surface area contributed by atoms with Gasteiger partial charge in [-0.2, -0.15) is 0 Å². The molecule has 30 heavy (non-hydrogen) atoms. The van der Waals surface area contributed by atoms with Crippen LogP contribution < -0.4 is 4.74 Å². The number of thiophene rings is 1. The lowest BCUT2D eigenvalue weighted by atomic mass is 10.0. The van der Waals surface area contributed by atoms with Gasteiger partial charge in [0.15, 0.2) is 0 Å². The molecule has 152 valence electrons. The van der Waals surface area contributed by atoms with E-state index in [0.717, 1.165) is 37.4 Å². The highest BCUT2D eigenvalue weighted by Crippen LogP contribution is 2.30. The summed E-state index contributed by atoms with van der Waals surface area (Å²) in [4.78, 5) is 15.8. The molecule has 3 aromatic rings. The molecule has 0 unspecified atom stereocenters. The molecule has 0 radical (unpaired) electrons. The smallest absolute Gasteiger partial charge is 0.264 e. The Kier molecular flexibility index (Phi) is 5.81. The largest absolute Gasteiger partial charge is 0.491 e. The summed E-state index contributed by atoms with van der Waals surface area (Å²) in [6.07, 6.45) is 4.41. The number of nitrogens with one attached hydrogen (secondary N) is 1. The number of allylic oxidation sites excluding steroid dienone is 3. The molecule has 0 saturated heterocycles. The number of carbonyl (C=O) groups excluding carboxylic acids is 1. The van der Waals surface area contributed by atoms with Gasteiger partial charge in [0.1, 0.15) is 12.4 Å². The van der Waals surface area contributed by atoms with Crippen LogP contribution in [0.3, 0.4) is 0 Å². The van der Waals surface area contributed by atoms with Crippen LogP contribution in [-0.4, -0.2) is 29.7 Å². The Morgan fingerprint density at radius 1 is 1.27 bits per heavy atom. The van der Waals surface area contributed by atoms with Crippen molar-refractivity contribution in [1.82, 2.24) is 4.90 Å². The van der Waals surface area contributed by atoms with Gasteiger partial charge in [-0.05, 0) is 47.7 Å². The third-order valence-corrected chi connectivity index (χ3v) is 6.25. The fourth-order valence-electron chi connectivity index (χ4n) is 3.57. The second-order valence-corrected chi connectivity index (χ2v) is 8.48. The first-order valence-electron chi connectivity index (χ1n) is 9.95. The third kappa shape index (κ3) is 4.21. The second-order valence-electron chi connectivity index (χ2n) is 7.39. The van der Waals surface area contributed by atoms with E-state index in [1.165, 1.54) is 11.3 Å². The van der Waals surface area contributed by atoms with Gasteiger partial charge in [-0.25, -0.2) is 0 Å². The zero-order valence-corrected chi connectivity index (χ0v) is 17.8. The Bertz CT molecular complexity index is 1130. The molecule has 2 aromatic carbocycles. The topological polar surface area (TPSA) is 53.4 Å². The number of hydrogen-bond acceptors (Lipinski definition) is 4. The van der Waals surface area contributed by atoms with Crippen molar-refractivity contribution in [3.63, 3.8) is 0 Å². The van der Waals surface area contributed by atoms with Gasteiger partial charge in [-0.15, -0.1) is 11.3 Å². The number of carbonyl (C=O) groups is 1. The molecular weight excluding hydrogens is 392 g/mol. The fraction of sp³-hybridized carbons (Fsp3) is 0.200. The minimum atomic E-state index is 0.0389. The Labute approximate surface area is 180 Å². The van der Waals surface area contributed by atoms with Gasteiger partial charge in [-0.3, -0.25) is 4.79 Å². The monoisotopic (exact) mass is 416 g/mol. The Balaban J connectivity index is 1.61. The van der Waals surface area contributed by atoms with Crippen LogP contribution in [0.5, 0.6) is 5.75 Å². The molecule has 1 N–H and O–H groups in total. The second kappa shape index (κ2) is 8.67. The highest BCUT2D eigenvalue weighted by molar-refractivity contribution is 7.20. The lowest BCUT2D eigenvalue weighted by Gasteiger charge is -2.19. The van der Waals surface area contributed by atoms with Gasteiger partial charge in [0.25, 0.3) is 5.91 Å². The molecule has 2 heterocycles. The number of hydrogen-bond donors (Lipinski definition) is 1. The van der Waals surface area contributed by atoms with E-state index in [-0.39, 0.29) is 5.91 Å². The molecule has 0 atom stereocenters. The lowest BCUT2D eigenvalue weighted by molar-refractivity contribution is 0.0738. The number of benzene rings is 2. The van der Waals surface area contributed by atoms with E-state index in [1.807, 2.05) is 59.5 Å². The molecule has 0 fully saturated rings. The van der Waals surface area contributed by atoms with E-state index in [9.17, 15) is 4.79 Å². The predicted octanol–water partition coefficient (Wildman–Crippen LogP) is 5.94. The van der Waals surface area contributed by atoms with Crippen molar-refractivity contribution in [2.45, 2.75) is 19.9 Å². The minimum absolute atomic E-state index is 0.0389. The van der Waals surface area contributed by atoms with Crippen molar-refractivity contribution in [1.29, 1.82) is 5.41 Å². The SMILES string of the molecule is C=C/C(=C\CC(C)=N)c1ccc2c(c1)CN(C(=O)c1cc3ccccc3s1)CCO2. The standard InChI is InChI=1S/C25H24N2O2S/c1-3-18(9-8-17(2)26)19-10-11-22-21(14-19)16-27(12-13-29-22)25(28)24-15-20-6-4-5-7-23(20)30-24/h3-7,9-11,14-15,26H,1,8,12-13,16H2,2H3/b18-9+,26-17?. The van der Waals surface area contributed by atoms with Gasteiger partial charge in [0, 0.05) is 28.9 Å². The summed E-state index contributed by atoms with van der Waals surface area (Å²) in [5, 5.41) is 8.76. The minimum Gasteiger partial charge on any atom is -0.491 e. The van der Waals surface area contributed by atoms with Gasteiger partial charge in [-0.1, -0.05) is 43.0 Å². The Morgan fingerprint density at radius 2 is 2.10 bits per heavy atom. The summed E-state index contributed by atoms with van der Waals surface area (Å²) < 4.78 is 7.04. The van der Waals surface area contributed by atoms with Crippen LogP contribution >= 0.6 is 11.3 Å². The van der Waals surface area contributed by atoms with Crippen molar-refractivity contribution >= 4 is 38.6 Å². The number of amides is 1. The maximum atomic E-state index is 13.2. The number of rotatable bonds is 5. The number of nitrogens with zero attached hydrogens (tertiary/aromatic N) is 1. The predicted molar refractivity (Wildman–Crippen MR) is 125 cm³/mol. The fourth-order valence-corrected chi connectivity index (χ4v) is 4.60. The van der Waals surface area contributed by atoms with Crippen molar-refractivity contribution in [2.24, 2.45) is 0 Å². The molecule has 5 heteroatoms. The molecule has 4 nitrogen and oxygen atoms in total. The molecule has 0 saturated carbocycles. The van der Waals surface area contributed by atoms with Gasteiger partial charge in [0.05, 0.1) is 11.4 Å². The summed E-state index contributed by atoms with van der Waals surface area (Å²) in [5.41, 5.74) is 3.59. The van der Waals surface area contributed by atoms with Crippen LogP contribution in [-0.2, 0) is 6.54 Å². The zero-order chi connectivity index (χ0) is 21.1. The lowest BCUT2D eigenvalue weighted by Crippen LogP contribution is -2.31.